The van der Waals surface area contributed by atoms with E-state index in [9.17, 15) is 0 Å². The van der Waals surface area contributed by atoms with Crippen molar-refractivity contribution in [2.45, 2.75) is 25.3 Å². The van der Waals surface area contributed by atoms with Crippen LogP contribution in [0, 0.1) is 6.57 Å². The van der Waals surface area contributed by atoms with Crippen LogP contribution in [0.2, 0.25) is 0 Å². The highest BCUT2D eigenvalue weighted by atomic mass is 15.3. The number of fused-ring (bicyclic) bond motifs is 1. The molecule has 1 atom stereocenters. The summed E-state index contributed by atoms with van der Waals surface area (Å²) in [6, 6.07) is 14.4. The van der Waals surface area contributed by atoms with Gasteiger partial charge in [0.25, 0.3) is 5.82 Å². The van der Waals surface area contributed by atoms with Gasteiger partial charge in [0, 0.05) is 31.3 Å². The van der Waals surface area contributed by atoms with E-state index in [1.54, 1.807) is 6.07 Å². The highest BCUT2D eigenvalue weighted by molar-refractivity contribution is 5.51. The van der Waals surface area contributed by atoms with Gasteiger partial charge in [0.05, 0.1) is 5.69 Å². The molecular formula is C19H19N5. The van der Waals surface area contributed by atoms with E-state index in [0.717, 1.165) is 37.4 Å². The number of hydrogen-bond donors (Lipinski definition) is 0. The molecule has 5 heteroatoms. The van der Waals surface area contributed by atoms with E-state index >= 15 is 0 Å². The molecule has 0 radical (unpaired) electrons. The third-order valence-electron chi connectivity index (χ3n) is 4.66. The van der Waals surface area contributed by atoms with Gasteiger partial charge in [-0.15, -0.1) is 4.52 Å². The lowest BCUT2D eigenvalue weighted by molar-refractivity contribution is 0.197. The van der Waals surface area contributed by atoms with Crippen molar-refractivity contribution in [1.29, 1.82) is 0 Å². The van der Waals surface area contributed by atoms with Crippen molar-refractivity contribution < 1.29 is 0 Å². The molecule has 0 spiro atoms. The van der Waals surface area contributed by atoms with Crippen LogP contribution in [-0.4, -0.2) is 32.6 Å². The Labute approximate surface area is 141 Å². The van der Waals surface area contributed by atoms with E-state index in [4.69, 9.17) is 6.57 Å². The number of benzene rings is 1. The van der Waals surface area contributed by atoms with Gasteiger partial charge < -0.3 is 4.85 Å². The molecule has 3 heterocycles. The summed E-state index contributed by atoms with van der Waals surface area (Å²) in [5, 5.41) is 4.40. The number of nitrogens with zero attached hydrogens (tertiary/aromatic N) is 5. The molecule has 0 bridgehead atoms. The van der Waals surface area contributed by atoms with Crippen LogP contribution in [0.3, 0.4) is 0 Å². The first-order chi connectivity index (χ1) is 11.8. The third-order valence-corrected chi connectivity index (χ3v) is 4.66. The minimum absolute atomic E-state index is 0.409. The van der Waals surface area contributed by atoms with Gasteiger partial charge in [-0.3, -0.25) is 4.90 Å². The second-order valence-electron chi connectivity index (χ2n) is 6.31. The van der Waals surface area contributed by atoms with Crippen LogP contribution >= 0.6 is 0 Å². The smallest absolute Gasteiger partial charge is 0.298 e. The molecule has 3 aromatic rings. The molecule has 1 aliphatic heterocycles. The Kier molecular flexibility index (Phi) is 3.97. The minimum Gasteiger partial charge on any atom is -0.359 e. The number of hydrogen-bond acceptors (Lipinski definition) is 3. The van der Waals surface area contributed by atoms with Crippen LogP contribution in [-0.2, 0) is 6.54 Å². The van der Waals surface area contributed by atoms with E-state index in [2.05, 4.69) is 50.2 Å². The Balaban J connectivity index is 1.58. The zero-order valence-corrected chi connectivity index (χ0v) is 13.5. The normalized spacial score (nSPS) is 18.5. The van der Waals surface area contributed by atoms with Gasteiger partial charge in [0.2, 0.25) is 0 Å². The average Bonchev–Trinajstić information content (AvgIpc) is 3.06. The minimum atomic E-state index is 0.409. The Morgan fingerprint density at radius 1 is 1.21 bits per heavy atom. The summed E-state index contributed by atoms with van der Waals surface area (Å²) in [5.74, 6) is 0.832. The van der Waals surface area contributed by atoms with Crippen molar-refractivity contribution in [3.63, 3.8) is 0 Å². The molecule has 1 saturated heterocycles. The average molecular weight is 317 g/mol. The van der Waals surface area contributed by atoms with E-state index in [0.29, 0.717) is 11.7 Å². The lowest BCUT2D eigenvalue weighted by Gasteiger charge is -2.32. The van der Waals surface area contributed by atoms with E-state index in [-0.39, 0.29) is 0 Å². The quantitative estimate of drug-likeness (QED) is 0.692. The monoisotopic (exact) mass is 317 g/mol. The summed E-state index contributed by atoms with van der Waals surface area (Å²) in [6.07, 6.45) is 4.16. The van der Waals surface area contributed by atoms with Crippen molar-refractivity contribution in [3.8, 4) is 0 Å². The van der Waals surface area contributed by atoms with Crippen molar-refractivity contribution in [3.05, 3.63) is 71.3 Å². The topological polar surface area (TPSA) is 37.8 Å². The van der Waals surface area contributed by atoms with Crippen molar-refractivity contribution >= 4 is 11.5 Å². The molecule has 1 fully saturated rings. The van der Waals surface area contributed by atoms with Gasteiger partial charge >= 0.3 is 0 Å². The zero-order valence-electron chi connectivity index (χ0n) is 13.5. The maximum atomic E-state index is 7.16. The molecule has 2 aromatic heterocycles. The Bertz CT molecular complexity index is 878. The van der Waals surface area contributed by atoms with Crippen LogP contribution in [0.1, 0.15) is 30.0 Å². The second-order valence-corrected chi connectivity index (χ2v) is 6.31. The highest BCUT2D eigenvalue weighted by Gasteiger charge is 2.24. The Hall–Kier alpha value is -2.71. The molecular weight excluding hydrogens is 298 g/mol. The van der Waals surface area contributed by atoms with Crippen molar-refractivity contribution in [1.82, 2.24) is 19.5 Å². The first kappa shape index (κ1) is 14.9. The van der Waals surface area contributed by atoms with Crippen LogP contribution in [0.25, 0.3) is 10.5 Å². The zero-order chi connectivity index (χ0) is 16.4. The first-order valence-electron chi connectivity index (χ1n) is 8.32. The summed E-state index contributed by atoms with van der Waals surface area (Å²) in [5.41, 5.74) is 3.28. The Morgan fingerprint density at radius 2 is 2.08 bits per heavy atom. The summed E-state index contributed by atoms with van der Waals surface area (Å²) in [6.45, 7) is 10.3. The molecule has 1 aromatic carbocycles. The predicted molar refractivity (Wildman–Crippen MR) is 92.9 cm³/mol. The molecule has 1 unspecified atom stereocenters. The lowest BCUT2D eigenvalue weighted by atomic mass is 9.94. The van der Waals surface area contributed by atoms with Gasteiger partial charge in [-0.2, -0.15) is 0 Å². The van der Waals surface area contributed by atoms with Gasteiger partial charge in [-0.25, -0.2) is 4.98 Å². The van der Waals surface area contributed by atoms with E-state index in [1.807, 2.05) is 16.8 Å². The molecule has 1 aliphatic rings. The molecule has 0 N–H and O–H groups in total. The molecule has 0 amide bonds. The molecule has 5 nitrogen and oxygen atoms in total. The number of rotatable bonds is 3. The molecule has 24 heavy (non-hydrogen) atoms. The van der Waals surface area contributed by atoms with Crippen molar-refractivity contribution in [2.75, 3.05) is 13.1 Å². The Morgan fingerprint density at radius 3 is 2.92 bits per heavy atom. The predicted octanol–water partition coefficient (Wildman–Crippen LogP) is 3.66. The fourth-order valence-electron chi connectivity index (χ4n) is 3.55. The lowest BCUT2D eigenvalue weighted by Crippen LogP contribution is -2.34. The summed E-state index contributed by atoms with van der Waals surface area (Å²) >= 11 is 0. The van der Waals surface area contributed by atoms with Crippen LogP contribution in [0.15, 0.2) is 48.7 Å². The fraction of sp³-hybridized carbons (Fsp3) is 0.316. The molecule has 0 aliphatic carbocycles. The van der Waals surface area contributed by atoms with Gasteiger partial charge in [0.1, 0.15) is 0 Å². The van der Waals surface area contributed by atoms with Crippen molar-refractivity contribution in [2.24, 2.45) is 0 Å². The van der Waals surface area contributed by atoms with Gasteiger partial charge in [-0.05, 0) is 36.1 Å². The second kappa shape index (κ2) is 6.42. The SMILES string of the molecule is [C-]#[N+]c1cc2nccc(C3CCCN(Cc4ccccc4)C3)n2n1. The maximum absolute atomic E-state index is 7.16. The fourth-order valence-corrected chi connectivity index (χ4v) is 3.55. The molecule has 4 rings (SSSR count). The summed E-state index contributed by atoms with van der Waals surface area (Å²) in [7, 11) is 0. The van der Waals surface area contributed by atoms with Gasteiger partial charge in [0.15, 0.2) is 5.65 Å². The summed E-state index contributed by atoms with van der Waals surface area (Å²) < 4.78 is 1.85. The third kappa shape index (κ3) is 2.89. The number of piperidine rings is 1. The number of aromatic nitrogens is 3. The molecule has 0 saturated carbocycles. The first-order valence-corrected chi connectivity index (χ1v) is 8.32. The van der Waals surface area contributed by atoms with E-state index < -0.39 is 0 Å². The van der Waals surface area contributed by atoms with Gasteiger partial charge in [-0.1, -0.05) is 36.9 Å². The van der Waals surface area contributed by atoms with Crippen LogP contribution in [0.4, 0.5) is 5.82 Å². The van der Waals surface area contributed by atoms with E-state index in [1.165, 1.54) is 12.0 Å². The molecule has 120 valence electrons. The maximum Gasteiger partial charge on any atom is 0.298 e. The van der Waals surface area contributed by atoms with Crippen LogP contribution in [0.5, 0.6) is 0 Å². The standard InChI is InChI=1S/C19H19N5/c1-20-18-12-19-21-10-9-17(24(19)22-18)16-8-5-11-23(14-16)13-15-6-3-2-4-7-15/h2-4,6-7,9-10,12,16H,5,8,11,13-14H2. The van der Waals surface area contributed by atoms with Crippen LogP contribution < -0.4 is 0 Å². The largest absolute Gasteiger partial charge is 0.359 e. The number of likely N-dealkylation sites (tertiary alicyclic amines) is 1. The highest BCUT2D eigenvalue weighted by Crippen LogP contribution is 2.28. The summed E-state index contributed by atoms with van der Waals surface area (Å²) in [4.78, 5) is 10.3.